The SMILES string of the molecule is CCN1C(C)CN(c2ccc(-n3cc(C)c4c(-c5ccc(C#N)cc5)cccc4c3=O)cc2)CC1C. The van der Waals surface area contributed by atoms with Crippen molar-refractivity contribution in [2.45, 2.75) is 39.8 Å². The number of nitriles is 1. The standard InChI is InChI=1S/C31H32N4O/c1-5-34-22(3)19-33(20-23(34)4)26-13-15-27(16-14-26)35-18-21(2)30-28(7-6-8-29(30)31(35)36)25-11-9-24(17-32)10-12-25/h6-16,18,22-23H,5,19-20H2,1-4H3. The Kier molecular flexibility index (Phi) is 6.38. The minimum Gasteiger partial charge on any atom is -0.368 e. The second kappa shape index (κ2) is 9.64. The first-order valence-electron chi connectivity index (χ1n) is 12.7. The largest absolute Gasteiger partial charge is 0.368 e. The first-order valence-corrected chi connectivity index (χ1v) is 12.7. The van der Waals surface area contributed by atoms with E-state index >= 15 is 0 Å². The zero-order chi connectivity index (χ0) is 25.4. The highest BCUT2D eigenvalue weighted by atomic mass is 16.1. The lowest BCUT2D eigenvalue weighted by Crippen LogP contribution is -2.56. The van der Waals surface area contributed by atoms with Crippen LogP contribution in [-0.2, 0) is 0 Å². The van der Waals surface area contributed by atoms with Gasteiger partial charge in [0, 0.05) is 48.1 Å². The molecule has 2 unspecified atom stereocenters. The summed E-state index contributed by atoms with van der Waals surface area (Å²) >= 11 is 0. The molecule has 5 heteroatoms. The van der Waals surface area contributed by atoms with Crippen LogP contribution < -0.4 is 10.5 Å². The van der Waals surface area contributed by atoms with Gasteiger partial charge >= 0.3 is 0 Å². The van der Waals surface area contributed by atoms with E-state index in [0.29, 0.717) is 23.0 Å². The number of fused-ring (bicyclic) bond motifs is 1. The van der Waals surface area contributed by atoms with Gasteiger partial charge in [0.15, 0.2) is 0 Å². The van der Waals surface area contributed by atoms with Crippen molar-refractivity contribution in [2.24, 2.45) is 0 Å². The van der Waals surface area contributed by atoms with Crippen LogP contribution in [0.2, 0.25) is 0 Å². The van der Waals surface area contributed by atoms with Crippen molar-refractivity contribution in [3.8, 4) is 22.9 Å². The second-order valence-electron chi connectivity index (χ2n) is 9.85. The van der Waals surface area contributed by atoms with Gasteiger partial charge in [0.25, 0.3) is 5.56 Å². The van der Waals surface area contributed by atoms with E-state index < -0.39 is 0 Å². The normalized spacial score (nSPS) is 18.4. The smallest absolute Gasteiger partial charge is 0.262 e. The third kappa shape index (κ3) is 4.19. The zero-order valence-electron chi connectivity index (χ0n) is 21.4. The topological polar surface area (TPSA) is 52.3 Å². The fourth-order valence-electron chi connectivity index (χ4n) is 5.77. The highest BCUT2D eigenvalue weighted by Crippen LogP contribution is 2.30. The molecule has 2 heterocycles. The van der Waals surface area contributed by atoms with Crippen LogP contribution in [0.5, 0.6) is 0 Å². The summed E-state index contributed by atoms with van der Waals surface area (Å²) in [5.41, 5.74) is 5.69. The minimum absolute atomic E-state index is 0.0300. The van der Waals surface area contributed by atoms with E-state index in [1.165, 1.54) is 5.69 Å². The number of likely N-dealkylation sites (N-methyl/N-ethyl adjacent to an activating group) is 1. The van der Waals surface area contributed by atoms with Gasteiger partial charge in [-0.15, -0.1) is 0 Å². The van der Waals surface area contributed by atoms with Crippen LogP contribution >= 0.6 is 0 Å². The predicted molar refractivity (Wildman–Crippen MR) is 148 cm³/mol. The van der Waals surface area contributed by atoms with Crippen LogP contribution in [0.1, 0.15) is 31.9 Å². The maximum absolute atomic E-state index is 13.6. The average Bonchev–Trinajstić information content (AvgIpc) is 2.90. The molecular weight excluding hydrogens is 444 g/mol. The van der Waals surface area contributed by atoms with E-state index in [1.807, 2.05) is 60.8 Å². The molecule has 4 aromatic rings. The van der Waals surface area contributed by atoms with E-state index in [-0.39, 0.29) is 5.56 Å². The first-order chi connectivity index (χ1) is 17.4. The number of anilines is 1. The molecule has 0 aliphatic carbocycles. The summed E-state index contributed by atoms with van der Waals surface area (Å²) in [6.07, 6.45) is 1.94. The van der Waals surface area contributed by atoms with Crippen LogP contribution in [0.25, 0.3) is 27.6 Å². The molecule has 36 heavy (non-hydrogen) atoms. The Morgan fingerprint density at radius 2 is 1.56 bits per heavy atom. The zero-order valence-corrected chi connectivity index (χ0v) is 21.4. The summed E-state index contributed by atoms with van der Waals surface area (Å²) in [4.78, 5) is 18.6. The summed E-state index contributed by atoms with van der Waals surface area (Å²) in [7, 11) is 0. The molecule has 0 bridgehead atoms. The second-order valence-corrected chi connectivity index (χ2v) is 9.85. The number of piperazine rings is 1. The van der Waals surface area contributed by atoms with Crippen molar-refractivity contribution in [3.63, 3.8) is 0 Å². The van der Waals surface area contributed by atoms with Gasteiger partial charge < -0.3 is 4.90 Å². The van der Waals surface area contributed by atoms with Crippen LogP contribution in [0.3, 0.4) is 0 Å². The van der Waals surface area contributed by atoms with Gasteiger partial charge in [-0.3, -0.25) is 14.3 Å². The molecule has 0 amide bonds. The van der Waals surface area contributed by atoms with E-state index in [1.54, 1.807) is 4.57 Å². The molecule has 5 nitrogen and oxygen atoms in total. The third-order valence-electron chi connectivity index (χ3n) is 7.52. The molecule has 5 rings (SSSR count). The van der Waals surface area contributed by atoms with Crippen LogP contribution in [-0.4, -0.2) is 41.2 Å². The van der Waals surface area contributed by atoms with E-state index in [4.69, 9.17) is 5.26 Å². The Balaban J connectivity index is 1.50. The molecule has 2 atom stereocenters. The fourth-order valence-corrected chi connectivity index (χ4v) is 5.77. The van der Waals surface area contributed by atoms with Gasteiger partial charge in [0.2, 0.25) is 0 Å². The molecule has 0 spiro atoms. The Morgan fingerprint density at radius 3 is 2.17 bits per heavy atom. The quantitative estimate of drug-likeness (QED) is 0.376. The molecule has 0 radical (unpaired) electrons. The van der Waals surface area contributed by atoms with Crippen molar-refractivity contribution < 1.29 is 0 Å². The summed E-state index contributed by atoms with van der Waals surface area (Å²) in [6.45, 7) is 12.0. The molecule has 0 N–H and O–H groups in total. The van der Waals surface area contributed by atoms with Crippen molar-refractivity contribution in [1.29, 1.82) is 5.26 Å². The summed E-state index contributed by atoms with van der Waals surface area (Å²) < 4.78 is 1.75. The molecule has 1 aromatic heterocycles. The highest BCUT2D eigenvalue weighted by molar-refractivity contribution is 5.98. The van der Waals surface area contributed by atoms with E-state index in [0.717, 1.165) is 47.4 Å². The number of pyridine rings is 1. The van der Waals surface area contributed by atoms with Crippen molar-refractivity contribution in [1.82, 2.24) is 9.47 Å². The van der Waals surface area contributed by atoms with Crippen LogP contribution in [0.15, 0.2) is 77.7 Å². The minimum atomic E-state index is -0.0300. The van der Waals surface area contributed by atoms with Gasteiger partial charge in [-0.25, -0.2) is 0 Å². The lowest BCUT2D eigenvalue weighted by Gasteiger charge is -2.45. The summed E-state index contributed by atoms with van der Waals surface area (Å²) in [6, 6.07) is 24.9. The Bertz CT molecular complexity index is 1480. The van der Waals surface area contributed by atoms with E-state index in [2.05, 4.69) is 55.7 Å². The van der Waals surface area contributed by atoms with Crippen molar-refractivity contribution in [2.75, 3.05) is 24.5 Å². The van der Waals surface area contributed by atoms with Gasteiger partial charge in [-0.2, -0.15) is 5.26 Å². The predicted octanol–water partition coefficient (Wildman–Crippen LogP) is 5.76. The number of hydrogen-bond acceptors (Lipinski definition) is 4. The Morgan fingerprint density at radius 1 is 0.917 bits per heavy atom. The third-order valence-corrected chi connectivity index (χ3v) is 7.52. The Hall–Kier alpha value is -3.88. The maximum atomic E-state index is 13.6. The number of aryl methyl sites for hydroxylation is 1. The molecule has 1 aliphatic rings. The summed E-state index contributed by atoms with van der Waals surface area (Å²) in [5.74, 6) is 0. The van der Waals surface area contributed by atoms with Gasteiger partial charge in [-0.1, -0.05) is 31.2 Å². The van der Waals surface area contributed by atoms with Gasteiger partial charge in [0.05, 0.1) is 11.6 Å². The van der Waals surface area contributed by atoms with Crippen LogP contribution in [0, 0.1) is 18.3 Å². The molecule has 1 saturated heterocycles. The number of hydrogen-bond donors (Lipinski definition) is 0. The summed E-state index contributed by atoms with van der Waals surface area (Å²) in [5, 5.41) is 10.8. The lowest BCUT2D eigenvalue weighted by atomic mass is 9.96. The number of nitrogens with zero attached hydrogens (tertiary/aromatic N) is 4. The lowest BCUT2D eigenvalue weighted by molar-refractivity contribution is 0.140. The molecule has 1 aliphatic heterocycles. The molecule has 1 fully saturated rings. The average molecular weight is 477 g/mol. The van der Waals surface area contributed by atoms with Gasteiger partial charge in [-0.05, 0) is 91.9 Å². The number of rotatable bonds is 4. The fraction of sp³-hybridized carbons (Fsp3) is 0.290. The maximum Gasteiger partial charge on any atom is 0.262 e. The molecule has 0 saturated carbocycles. The Labute approximate surface area is 212 Å². The number of benzene rings is 3. The van der Waals surface area contributed by atoms with E-state index in [9.17, 15) is 4.79 Å². The highest BCUT2D eigenvalue weighted by Gasteiger charge is 2.28. The number of aromatic nitrogens is 1. The monoisotopic (exact) mass is 476 g/mol. The van der Waals surface area contributed by atoms with Crippen LogP contribution in [0.4, 0.5) is 5.69 Å². The van der Waals surface area contributed by atoms with Crippen molar-refractivity contribution in [3.05, 3.63) is 94.4 Å². The molecule has 3 aromatic carbocycles. The van der Waals surface area contributed by atoms with Gasteiger partial charge in [0.1, 0.15) is 0 Å². The molecular formula is C31H32N4O. The molecule has 182 valence electrons. The first kappa shape index (κ1) is 23.8. The van der Waals surface area contributed by atoms with Crippen molar-refractivity contribution >= 4 is 16.5 Å².